The topological polar surface area (TPSA) is 105 Å². The van der Waals surface area contributed by atoms with Crippen molar-refractivity contribution in [1.29, 1.82) is 0 Å². The molecule has 4 rings (SSSR count). The van der Waals surface area contributed by atoms with Crippen molar-refractivity contribution in [2.75, 3.05) is 6.61 Å². The van der Waals surface area contributed by atoms with Crippen LogP contribution in [0.5, 0.6) is 0 Å². The number of alkyl carbamates (subject to hydrolysis) is 1. The van der Waals surface area contributed by atoms with Crippen molar-refractivity contribution in [1.82, 2.24) is 10.6 Å². The molecule has 35 heavy (non-hydrogen) atoms. The second-order valence-corrected chi connectivity index (χ2v) is 10.7. The van der Waals surface area contributed by atoms with Crippen LogP contribution in [0.15, 0.2) is 48.5 Å². The molecule has 7 nitrogen and oxygen atoms in total. The van der Waals surface area contributed by atoms with Crippen LogP contribution in [0.25, 0.3) is 11.1 Å². The van der Waals surface area contributed by atoms with Gasteiger partial charge in [0.25, 0.3) is 0 Å². The average molecular weight is 479 g/mol. The average Bonchev–Trinajstić information content (AvgIpc) is 3.40. The van der Waals surface area contributed by atoms with Gasteiger partial charge in [-0.05, 0) is 62.8 Å². The lowest BCUT2D eigenvalue weighted by molar-refractivity contribution is -0.143. The van der Waals surface area contributed by atoms with Crippen LogP contribution in [0.3, 0.4) is 0 Å². The number of carbonyl (C=O) groups excluding carboxylic acids is 2. The third kappa shape index (κ3) is 4.64. The molecule has 2 aromatic carbocycles. The SMILES string of the molecule is CC(C)(NC(=O)OCC1c2ccccc2-c2ccccc21)C(C)(C)C(=O)N[C@@H]1CCC[C@@H]1C(=O)O. The Bertz CT molecular complexity index is 1090. The molecule has 2 aliphatic carbocycles. The molecule has 7 heteroatoms. The quantitative estimate of drug-likeness (QED) is 0.535. The summed E-state index contributed by atoms with van der Waals surface area (Å²) in [4.78, 5) is 37.5. The summed E-state index contributed by atoms with van der Waals surface area (Å²) >= 11 is 0. The van der Waals surface area contributed by atoms with Crippen LogP contribution in [0.2, 0.25) is 0 Å². The highest BCUT2D eigenvalue weighted by molar-refractivity contribution is 5.85. The molecule has 186 valence electrons. The Morgan fingerprint density at radius 3 is 2.09 bits per heavy atom. The van der Waals surface area contributed by atoms with Crippen molar-refractivity contribution in [3.8, 4) is 11.1 Å². The number of nitrogens with one attached hydrogen (secondary N) is 2. The molecule has 0 bridgehead atoms. The molecule has 2 aromatic rings. The minimum Gasteiger partial charge on any atom is -0.481 e. The first-order valence-electron chi connectivity index (χ1n) is 12.2. The van der Waals surface area contributed by atoms with Gasteiger partial charge in [-0.3, -0.25) is 9.59 Å². The van der Waals surface area contributed by atoms with E-state index in [9.17, 15) is 19.5 Å². The largest absolute Gasteiger partial charge is 0.481 e. The molecular formula is C28H34N2O5. The lowest BCUT2D eigenvalue weighted by Gasteiger charge is -2.41. The standard InChI is InChI=1S/C28H34N2O5/c1-27(2,25(33)29-23-15-9-14-21(23)24(31)32)28(3,4)30-26(34)35-16-22-19-12-7-5-10-17(19)18-11-6-8-13-20(18)22/h5-8,10-13,21-23H,9,14-16H2,1-4H3,(H,29,33)(H,30,34)(H,31,32)/t21-,23+/m0/s1. The molecule has 0 spiro atoms. The fraction of sp³-hybridized carbons (Fsp3) is 0.464. The minimum atomic E-state index is -1.01. The molecule has 2 aliphatic rings. The summed E-state index contributed by atoms with van der Waals surface area (Å²) in [7, 11) is 0. The van der Waals surface area contributed by atoms with Crippen molar-refractivity contribution in [3.05, 3.63) is 59.7 Å². The van der Waals surface area contributed by atoms with Gasteiger partial charge in [0.15, 0.2) is 0 Å². The van der Waals surface area contributed by atoms with E-state index in [1.54, 1.807) is 27.7 Å². The van der Waals surface area contributed by atoms with E-state index in [4.69, 9.17) is 4.74 Å². The van der Waals surface area contributed by atoms with Gasteiger partial charge in [-0.25, -0.2) is 4.79 Å². The summed E-state index contributed by atoms with van der Waals surface area (Å²) in [6.07, 6.45) is 1.37. The number of carbonyl (C=O) groups is 3. The van der Waals surface area contributed by atoms with Crippen LogP contribution in [0, 0.1) is 11.3 Å². The van der Waals surface area contributed by atoms with Crippen molar-refractivity contribution < 1.29 is 24.2 Å². The molecule has 2 amide bonds. The van der Waals surface area contributed by atoms with Crippen LogP contribution >= 0.6 is 0 Å². The van der Waals surface area contributed by atoms with E-state index in [-0.39, 0.29) is 18.4 Å². The van der Waals surface area contributed by atoms with Crippen LogP contribution in [-0.4, -0.2) is 41.3 Å². The van der Waals surface area contributed by atoms with Crippen LogP contribution < -0.4 is 10.6 Å². The zero-order chi connectivity index (χ0) is 25.4. The van der Waals surface area contributed by atoms with Crippen molar-refractivity contribution >= 4 is 18.0 Å². The molecule has 3 N–H and O–H groups in total. The van der Waals surface area contributed by atoms with E-state index >= 15 is 0 Å². The summed E-state index contributed by atoms with van der Waals surface area (Å²) in [5, 5.41) is 15.2. The number of carboxylic acid groups (broad SMARTS) is 1. The second-order valence-electron chi connectivity index (χ2n) is 10.7. The number of hydrogen-bond acceptors (Lipinski definition) is 4. The van der Waals surface area contributed by atoms with Gasteiger partial charge in [0.1, 0.15) is 6.61 Å². The van der Waals surface area contributed by atoms with Gasteiger partial charge >= 0.3 is 12.1 Å². The number of rotatable bonds is 7. The van der Waals surface area contributed by atoms with Crippen LogP contribution in [-0.2, 0) is 14.3 Å². The number of carboxylic acids is 1. The van der Waals surface area contributed by atoms with E-state index in [0.29, 0.717) is 12.8 Å². The molecule has 0 aliphatic heterocycles. The highest BCUT2D eigenvalue weighted by Gasteiger charge is 2.46. The first kappa shape index (κ1) is 24.8. The summed E-state index contributed by atoms with van der Waals surface area (Å²) in [5.74, 6) is -1.81. The molecule has 1 fully saturated rings. The highest BCUT2D eigenvalue weighted by atomic mass is 16.5. The fourth-order valence-corrected chi connectivity index (χ4v) is 5.11. The number of ether oxygens (including phenoxy) is 1. The highest BCUT2D eigenvalue weighted by Crippen LogP contribution is 2.44. The Kier molecular flexibility index (Phi) is 6.62. The van der Waals surface area contributed by atoms with Gasteiger partial charge in [-0.1, -0.05) is 55.0 Å². The molecule has 0 unspecified atom stereocenters. The summed E-state index contributed by atoms with van der Waals surface area (Å²) in [6.45, 7) is 7.23. The Morgan fingerprint density at radius 2 is 1.51 bits per heavy atom. The van der Waals surface area contributed by atoms with Crippen molar-refractivity contribution in [3.63, 3.8) is 0 Å². The fourth-order valence-electron chi connectivity index (χ4n) is 5.11. The lowest BCUT2D eigenvalue weighted by atomic mass is 9.73. The molecule has 0 saturated heterocycles. The third-order valence-electron chi connectivity index (χ3n) is 8.04. The van der Waals surface area contributed by atoms with E-state index in [1.165, 1.54) is 0 Å². The van der Waals surface area contributed by atoms with Crippen LogP contribution in [0.1, 0.15) is 64.0 Å². The lowest BCUT2D eigenvalue weighted by Crippen LogP contribution is -2.61. The van der Waals surface area contributed by atoms with E-state index < -0.39 is 35.0 Å². The Morgan fingerprint density at radius 1 is 0.943 bits per heavy atom. The van der Waals surface area contributed by atoms with Gasteiger partial charge in [0, 0.05) is 12.0 Å². The monoisotopic (exact) mass is 478 g/mol. The Hall–Kier alpha value is -3.35. The van der Waals surface area contributed by atoms with E-state index in [2.05, 4.69) is 34.9 Å². The first-order chi connectivity index (χ1) is 16.5. The number of benzene rings is 2. The maximum atomic E-state index is 13.2. The molecule has 0 aromatic heterocycles. The number of aliphatic carboxylic acids is 1. The smallest absolute Gasteiger partial charge is 0.407 e. The summed E-state index contributed by atoms with van der Waals surface area (Å²) in [6, 6.07) is 15.9. The van der Waals surface area contributed by atoms with Gasteiger partial charge in [-0.15, -0.1) is 0 Å². The molecule has 0 radical (unpaired) electrons. The van der Waals surface area contributed by atoms with Crippen molar-refractivity contribution in [2.24, 2.45) is 11.3 Å². The number of hydrogen-bond donors (Lipinski definition) is 3. The van der Waals surface area contributed by atoms with E-state index in [1.807, 2.05) is 24.3 Å². The Labute approximate surface area is 206 Å². The van der Waals surface area contributed by atoms with Gasteiger partial charge in [-0.2, -0.15) is 0 Å². The molecule has 0 heterocycles. The first-order valence-corrected chi connectivity index (χ1v) is 12.2. The number of fused-ring (bicyclic) bond motifs is 3. The van der Waals surface area contributed by atoms with Crippen LogP contribution in [0.4, 0.5) is 4.79 Å². The van der Waals surface area contributed by atoms with Crippen molar-refractivity contribution in [2.45, 2.75) is 64.5 Å². The Balaban J connectivity index is 1.40. The maximum absolute atomic E-state index is 13.2. The predicted octanol–water partition coefficient (Wildman–Crippen LogP) is 4.70. The predicted molar refractivity (Wildman–Crippen MR) is 133 cm³/mol. The second kappa shape index (κ2) is 9.36. The maximum Gasteiger partial charge on any atom is 0.407 e. The summed E-state index contributed by atoms with van der Waals surface area (Å²) in [5.41, 5.74) is 2.61. The number of amides is 2. The minimum absolute atomic E-state index is 0.0529. The van der Waals surface area contributed by atoms with Gasteiger partial charge in [0.05, 0.1) is 16.9 Å². The van der Waals surface area contributed by atoms with Gasteiger partial charge in [0.2, 0.25) is 5.91 Å². The normalized spacial score (nSPS) is 19.5. The van der Waals surface area contributed by atoms with Gasteiger partial charge < -0.3 is 20.5 Å². The summed E-state index contributed by atoms with van der Waals surface area (Å²) < 4.78 is 5.67. The molecule has 1 saturated carbocycles. The molecule has 2 atom stereocenters. The zero-order valence-electron chi connectivity index (χ0n) is 20.8. The van der Waals surface area contributed by atoms with E-state index in [0.717, 1.165) is 28.7 Å². The zero-order valence-corrected chi connectivity index (χ0v) is 20.8. The third-order valence-corrected chi connectivity index (χ3v) is 8.04. The molecular weight excluding hydrogens is 444 g/mol.